The van der Waals surface area contributed by atoms with E-state index in [0.29, 0.717) is 6.61 Å². The summed E-state index contributed by atoms with van der Waals surface area (Å²) in [5.74, 6) is 0. The number of halogens is 1. The van der Waals surface area contributed by atoms with Crippen LogP contribution >= 0.6 is 11.1 Å². The fourth-order valence-corrected chi connectivity index (χ4v) is 4.96. The molecule has 1 aliphatic heterocycles. The van der Waals surface area contributed by atoms with E-state index in [1.165, 1.54) is 0 Å². The lowest BCUT2D eigenvalue weighted by Crippen LogP contribution is -2.41. The summed E-state index contributed by atoms with van der Waals surface area (Å²) in [7, 11) is -4.00. The van der Waals surface area contributed by atoms with Gasteiger partial charge in [0, 0.05) is 6.61 Å². The van der Waals surface area contributed by atoms with Crippen molar-refractivity contribution in [3.05, 3.63) is 11.2 Å². The van der Waals surface area contributed by atoms with Gasteiger partial charge in [0.1, 0.15) is 0 Å². The zero-order valence-electron chi connectivity index (χ0n) is 18.2. The average Bonchev–Trinajstić information content (AvgIpc) is 2.54. The van der Waals surface area contributed by atoms with Crippen molar-refractivity contribution in [1.82, 2.24) is 0 Å². The Hall–Kier alpha value is 0.409. The molecule has 0 aliphatic carbocycles. The van der Waals surface area contributed by atoms with E-state index >= 15 is 0 Å². The lowest BCUT2D eigenvalue weighted by Gasteiger charge is -2.36. The summed E-state index contributed by atoms with van der Waals surface area (Å²) in [4.78, 5) is 0. The fourth-order valence-electron chi connectivity index (χ4n) is 2.33. The maximum Gasteiger partial charge on any atom is 0.489 e. The summed E-state index contributed by atoms with van der Waals surface area (Å²) in [6.45, 7) is 24.6. The number of rotatable bonds is 6. The average molecular weight is 405 g/mol. The van der Waals surface area contributed by atoms with Gasteiger partial charge in [-0.15, -0.1) is 0 Å². The number of hydrogen-bond acceptors (Lipinski definition) is 3. The van der Waals surface area contributed by atoms with E-state index in [2.05, 4.69) is 80.4 Å². The van der Waals surface area contributed by atoms with Gasteiger partial charge in [0.05, 0.1) is 11.2 Å². The predicted octanol–water partition coefficient (Wildman–Crippen LogP) is 5.94. The van der Waals surface area contributed by atoms with Crippen LogP contribution < -0.4 is 0 Å². The second-order valence-corrected chi connectivity index (χ2v) is 21.4. The fraction of sp³-hybridized carbons (Fsp3) is 0.889. The second kappa shape index (κ2) is 7.44. The van der Waals surface area contributed by atoms with Crippen molar-refractivity contribution >= 4 is 33.9 Å². The first-order valence-electron chi connectivity index (χ1n) is 9.28. The summed E-state index contributed by atoms with van der Waals surface area (Å²) >= 11 is 6.61. The minimum absolute atomic E-state index is 0.210. The number of hydrogen-bond donors (Lipinski definition) is 0. The van der Waals surface area contributed by atoms with Crippen LogP contribution in [-0.4, -0.2) is 40.6 Å². The van der Waals surface area contributed by atoms with Gasteiger partial charge in [0.15, 0.2) is 15.7 Å². The van der Waals surface area contributed by atoms with Gasteiger partial charge in [-0.2, -0.15) is 11.1 Å². The highest BCUT2D eigenvalue weighted by atomic mass is 35.6. The third-order valence-corrected chi connectivity index (χ3v) is 11.7. The van der Waals surface area contributed by atoms with E-state index in [9.17, 15) is 0 Å². The van der Waals surface area contributed by atoms with Crippen LogP contribution in [0.3, 0.4) is 0 Å². The summed E-state index contributed by atoms with van der Waals surface area (Å²) in [5, 5.41) is 0.210. The third kappa shape index (κ3) is 6.22. The van der Waals surface area contributed by atoms with Crippen LogP contribution in [0.4, 0.5) is 0 Å². The minimum Gasteiger partial charge on any atom is -0.417 e. The Kier molecular flexibility index (Phi) is 6.98. The molecule has 25 heavy (non-hydrogen) atoms. The van der Waals surface area contributed by atoms with Crippen molar-refractivity contribution in [3.63, 3.8) is 0 Å². The van der Waals surface area contributed by atoms with Crippen molar-refractivity contribution in [2.24, 2.45) is 0 Å². The van der Waals surface area contributed by atoms with Crippen molar-refractivity contribution in [2.45, 2.75) is 97.3 Å². The normalized spacial score (nSPS) is 21.8. The molecule has 1 fully saturated rings. The van der Waals surface area contributed by atoms with Crippen LogP contribution in [0.15, 0.2) is 11.2 Å². The summed E-state index contributed by atoms with van der Waals surface area (Å²) in [5.41, 5.74) is 2.65. The van der Waals surface area contributed by atoms with E-state index in [0.717, 1.165) is 11.9 Å². The molecule has 0 aromatic carbocycles. The molecule has 146 valence electrons. The van der Waals surface area contributed by atoms with Crippen LogP contribution in [0.2, 0.25) is 31.2 Å². The summed E-state index contributed by atoms with van der Waals surface area (Å²) in [6, 6.07) is 0. The summed E-state index contributed by atoms with van der Waals surface area (Å²) in [6.07, 6.45) is 0.798. The molecule has 0 N–H and O–H groups in total. The van der Waals surface area contributed by atoms with E-state index in [4.69, 9.17) is 24.8 Å². The Labute approximate surface area is 162 Å². The highest BCUT2D eigenvalue weighted by Crippen LogP contribution is 2.40. The van der Waals surface area contributed by atoms with Crippen LogP contribution in [0.5, 0.6) is 0 Å². The van der Waals surface area contributed by atoms with Gasteiger partial charge in [0.2, 0.25) is 0 Å². The molecular weight excluding hydrogens is 367 g/mol. The molecule has 1 heterocycles. The van der Waals surface area contributed by atoms with E-state index in [1.54, 1.807) is 0 Å². The quantitative estimate of drug-likeness (QED) is 0.405. The van der Waals surface area contributed by atoms with Crippen molar-refractivity contribution in [2.75, 3.05) is 6.61 Å². The molecule has 0 saturated carbocycles. The molecule has 0 unspecified atom stereocenters. The van der Waals surface area contributed by atoms with E-state index < -0.39 is 15.7 Å². The van der Waals surface area contributed by atoms with E-state index in [-0.39, 0.29) is 23.4 Å². The van der Waals surface area contributed by atoms with Crippen LogP contribution in [0, 0.1) is 0 Å². The molecule has 0 atom stereocenters. The van der Waals surface area contributed by atoms with Crippen molar-refractivity contribution in [3.8, 4) is 0 Å². The lowest BCUT2D eigenvalue weighted by molar-refractivity contribution is 0.00578. The van der Waals surface area contributed by atoms with Gasteiger partial charge in [-0.3, -0.25) is 0 Å². The van der Waals surface area contributed by atoms with Crippen LogP contribution in [0.25, 0.3) is 0 Å². The lowest BCUT2D eigenvalue weighted by atomic mass is 9.77. The molecule has 3 nitrogen and oxygen atoms in total. The summed E-state index contributed by atoms with van der Waals surface area (Å²) < 4.78 is 18.9. The highest BCUT2D eigenvalue weighted by Gasteiger charge is 2.52. The van der Waals surface area contributed by atoms with Crippen molar-refractivity contribution in [1.29, 1.82) is 0 Å². The smallest absolute Gasteiger partial charge is 0.417 e. The molecule has 0 aromatic rings. The largest absolute Gasteiger partial charge is 0.489 e. The Morgan fingerprint density at radius 3 is 1.84 bits per heavy atom. The topological polar surface area (TPSA) is 27.7 Å². The Bertz CT molecular complexity index is 489. The Morgan fingerprint density at radius 2 is 1.48 bits per heavy atom. The first kappa shape index (κ1) is 23.4. The van der Waals surface area contributed by atoms with Gasteiger partial charge in [-0.25, -0.2) is 0 Å². The third-order valence-electron chi connectivity index (χ3n) is 5.74. The molecule has 1 aliphatic rings. The molecule has 0 aromatic heterocycles. The van der Waals surface area contributed by atoms with Crippen LogP contribution in [-0.2, 0) is 13.7 Å². The van der Waals surface area contributed by atoms with Crippen LogP contribution in [0.1, 0.15) is 54.9 Å². The zero-order chi connectivity index (χ0) is 19.9. The predicted molar refractivity (Wildman–Crippen MR) is 115 cm³/mol. The SMILES string of the molecule is CC1(C)OB(/C(=C\[Si](C)(C)Cl)CCO[Si](C)(C)C(C)(C)C)OC1(C)C. The highest BCUT2D eigenvalue weighted by molar-refractivity contribution is 7.22. The standard InChI is InChI=1S/C18H38BClO3Si2/c1-16(2,3)25(10,11)21-13-12-15(14-24(8,9)20)19-22-17(4,5)18(6,7)23-19/h14H,12-13H2,1-11H3/b15-14-. The van der Waals surface area contributed by atoms with Gasteiger partial charge < -0.3 is 13.7 Å². The first-order chi connectivity index (χ1) is 10.9. The zero-order valence-corrected chi connectivity index (χ0v) is 20.9. The molecule has 7 heteroatoms. The van der Waals surface area contributed by atoms with Gasteiger partial charge in [0.25, 0.3) is 0 Å². The van der Waals surface area contributed by atoms with Gasteiger partial charge in [-0.05, 0) is 57.7 Å². The van der Waals surface area contributed by atoms with E-state index in [1.807, 2.05) is 0 Å². The maximum atomic E-state index is 6.61. The molecule has 1 rings (SSSR count). The van der Waals surface area contributed by atoms with Gasteiger partial charge in [-0.1, -0.05) is 39.6 Å². The Balaban J connectivity index is 2.90. The second-order valence-electron chi connectivity index (χ2n) is 10.2. The van der Waals surface area contributed by atoms with Gasteiger partial charge >= 0.3 is 7.12 Å². The molecule has 1 saturated heterocycles. The molecule has 0 radical (unpaired) electrons. The molecule has 0 bridgehead atoms. The molecular formula is C18H38BClO3Si2. The maximum absolute atomic E-state index is 6.61. The molecule has 0 amide bonds. The van der Waals surface area contributed by atoms with Crippen molar-refractivity contribution < 1.29 is 13.7 Å². The Morgan fingerprint density at radius 1 is 1.04 bits per heavy atom. The minimum atomic E-state index is -1.91. The molecule has 0 spiro atoms. The monoisotopic (exact) mass is 404 g/mol. The first-order valence-corrected chi connectivity index (χ1v) is 16.3.